The van der Waals surface area contributed by atoms with Gasteiger partial charge in [-0.25, -0.2) is 16.8 Å². The lowest BCUT2D eigenvalue weighted by molar-refractivity contribution is 0.217. The van der Waals surface area contributed by atoms with Gasteiger partial charge in [-0.15, -0.1) is 0 Å². The van der Waals surface area contributed by atoms with Crippen molar-refractivity contribution in [1.82, 2.24) is 8.61 Å². The van der Waals surface area contributed by atoms with Gasteiger partial charge in [-0.05, 0) is 62.1 Å². The summed E-state index contributed by atoms with van der Waals surface area (Å²) in [7, 11) is -6.88. The molecule has 2 saturated heterocycles. The summed E-state index contributed by atoms with van der Waals surface area (Å²) < 4.78 is 53.5. The Bertz CT molecular complexity index is 989. The Labute approximate surface area is 166 Å². The lowest BCUT2D eigenvalue weighted by atomic mass is 10.1. The number of sulfonamides is 2. The highest BCUT2D eigenvalue weighted by Gasteiger charge is 2.36. The predicted molar refractivity (Wildman–Crippen MR) is 108 cm³/mol. The lowest BCUT2D eigenvalue weighted by Crippen LogP contribution is -2.49. The number of benzene rings is 2. The van der Waals surface area contributed by atoms with Crippen LogP contribution in [0.1, 0.15) is 26.7 Å². The smallest absolute Gasteiger partial charge is 0.207 e. The number of hydrogen-bond acceptors (Lipinski definition) is 4. The summed E-state index contributed by atoms with van der Waals surface area (Å²) in [5, 5.41) is 0. The second-order valence-electron chi connectivity index (χ2n) is 7.56. The Kier molecular flexibility index (Phi) is 4.86. The molecule has 0 N–H and O–H groups in total. The van der Waals surface area contributed by atoms with E-state index in [-0.39, 0.29) is 21.9 Å². The molecule has 2 aromatic rings. The van der Waals surface area contributed by atoms with Gasteiger partial charge in [0.15, 0.2) is 0 Å². The van der Waals surface area contributed by atoms with Crippen LogP contribution in [0.2, 0.25) is 0 Å². The monoisotopic (exact) mass is 420 g/mol. The van der Waals surface area contributed by atoms with Crippen molar-refractivity contribution in [3.8, 4) is 11.1 Å². The summed E-state index contributed by atoms with van der Waals surface area (Å²) in [6, 6.07) is 13.6. The van der Waals surface area contributed by atoms with E-state index >= 15 is 0 Å². The van der Waals surface area contributed by atoms with Gasteiger partial charge in [-0.3, -0.25) is 0 Å². The molecular weight excluding hydrogens is 396 g/mol. The minimum Gasteiger partial charge on any atom is -0.207 e. The fourth-order valence-corrected chi connectivity index (χ4v) is 6.96. The third-order valence-electron chi connectivity index (χ3n) is 5.77. The summed E-state index contributed by atoms with van der Waals surface area (Å²) in [5.74, 6) is 0. The maximum Gasteiger partial charge on any atom is 0.243 e. The summed E-state index contributed by atoms with van der Waals surface area (Å²) in [6.45, 7) is 4.95. The van der Waals surface area contributed by atoms with Gasteiger partial charge < -0.3 is 0 Å². The molecule has 2 aliphatic rings. The zero-order chi connectivity index (χ0) is 20.1. The molecular formula is C20H24N2O4S2. The topological polar surface area (TPSA) is 74.8 Å². The third kappa shape index (κ3) is 3.18. The first-order chi connectivity index (χ1) is 13.2. The van der Waals surface area contributed by atoms with Crippen LogP contribution in [0.15, 0.2) is 58.3 Å². The van der Waals surface area contributed by atoms with Crippen molar-refractivity contribution in [1.29, 1.82) is 0 Å². The highest BCUT2D eigenvalue weighted by molar-refractivity contribution is 7.89. The van der Waals surface area contributed by atoms with Gasteiger partial charge in [0.1, 0.15) is 0 Å². The van der Waals surface area contributed by atoms with E-state index in [1.165, 1.54) is 8.61 Å². The van der Waals surface area contributed by atoms with Crippen molar-refractivity contribution in [2.24, 2.45) is 0 Å². The van der Waals surface area contributed by atoms with Crippen LogP contribution in [0.5, 0.6) is 0 Å². The van der Waals surface area contributed by atoms with Gasteiger partial charge in [0, 0.05) is 25.2 Å². The number of hydrogen-bond donors (Lipinski definition) is 0. The third-order valence-corrected chi connectivity index (χ3v) is 9.83. The Hall–Kier alpha value is -1.74. The van der Waals surface area contributed by atoms with Crippen molar-refractivity contribution in [2.45, 2.75) is 48.6 Å². The van der Waals surface area contributed by atoms with Crippen LogP contribution in [-0.2, 0) is 20.0 Å². The molecule has 0 saturated carbocycles. The second kappa shape index (κ2) is 6.95. The van der Waals surface area contributed by atoms with Crippen LogP contribution < -0.4 is 0 Å². The minimum absolute atomic E-state index is 0.0493. The molecule has 2 fully saturated rings. The molecule has 0 bridgehead atoms. The van der Waals surface area contributed by atoms with E-state index in [0.717, 1.165) is 24.0 Å². The Morgan fingerprint density at radius 2 is 0.964 bits per heavy atom. The zero-order valence-corrected chi connectivity index (χ0v) is 17.6. The first-order valence-corrected chi connectivity index (χ1v) is 12.3. The quantitative estimate of drug-likeness (QED) is 0.745. The van der Waals surface area contributed by atoms with Crippen LogP contribution in [0, 0.1) is 0 Å². The van der Waals surface area contributed by atoms with Gasteiger partial charge in [-0.2, -0.15) is 8.61 Å². The highest BCUT2D eigenvalue weighted by atomic mass is 32.2. The van der Waals surface area contributed by atoms with E-state index in [1.807, 2.05) is 13.8 Å². The average Bonchev–Trinajstić information content (AvgIpc) is 2.65. The van der Waals surface area contributed by atoms with Crippen molar-refractivity contribution < 1.29 is 16.8 Å². The van der Waals surface area contributed by atoms with Crippen molar-refractivity contribution in [3.05, 3.63) is 48.5 Å². The van der Waals surface area contributed by atoms with E-state index in [1.54, 1.807) is 48.5 Å². The first kappa shape index (κ1) is 19.6. The first-order valence-electron chi connectivity index (χ1n) is 9.45. The second-order valence-corrected chi connectivity index (χ2v) is 11.3. The fourth-order valence-electron chi connectivity index (χ4n) is 3.61. The van der Waals surface area contributed by atoms with Crippen LogP contribution in [0.3, 0.4) is 0 Å². The number of rotatable bonds is 5. The molecule has 2 heterocycles. The molecule has 150 valence electrons. The van der Waals surface area contributed by atoms with Crippen LogP contribution in [0.4, 0.5) is 0 Å². The summed E-state index contributed by atoms with van der Waals surface area (Å²) in [6.07, 6.45) is 1.78. The normalized spacial score (nSPS) is 23.8. The molecule has 2 unspecified atom stereocenters. The van der Waals surface area contributed by atoms with Gasteiger partial charge in [0.2, 0.25) is 20.0 Å². The molecule has 0 amide bonds. The zero-order valence-electron chi connectivity index (χ0n) is 15.9. The summed E-state index contributed by atoms with van der Waals surface area (Å²) in [4.78, 5) is 0.572. The fraction of sp³-hybridized carbons (Fsp3) is 0.400. The van der Waals surface area contributed by atoms with Gasteiger partial charge >= 0.3 is 0 Å². The minimum atomic E-state index is -3.44. The summed E-state index contributed by atoms with van der Waals surface area (Å²) >= 11 is 0. The molecule has 2 aromatic carbocycles. The maximum absolute atomic E-state index is 12.6. The molecule has 28 heavy (non-hydrogen) atoms. The van der Waals surface area contributed by atoms with Crippen molar-refractivity contribution >= 4 is 20.0 Å². The molecule has 0 spiro atoms. The van der Waals surface area contributed by atoms with E-state index < -0.39 is 20.0 Å². The van der Waals surface area contributed by atoms with E-state index in [2.05, 4.69) is 0 Å². The maximum atomic E-state index is 12.6. The van der Waals surface area contributed by atoms with E-state index in [4.69, 9.17) is 0 Å². The molecule has 2 atom stereocenters. The highest BCUT2D eigenvalue weighted by Crippen LogP contribution is 2.30. The Balaban J connectivity index is 1.55. The molecule has 0 aliphatic carbocycles. The van der Waals surface area contributed by atoms with Crippen LogP contribution in [0.25, 0.3) is 11.1 Å². The van der Waals surface area contributed by atoms with Crippen molar-refractivity contribution in [3.63, 3.8) is 0 Å². The van der Waals surface area contributed by atoms with Gasteiger partial charge in [0.25, 0.3) is 0 Å². The largest absolute Gasteiger partial charge is 0.243 e. The van der Waals surface area contributed by atoms with Crippen molar-refractivity contribution in [2.75, 3.05) is 13.1 Å². The van der Waals surface area contributed by atoms with Crippen LogP contribution in [-0.4, -0.2) is 50.6 Å². The van der Waals surface area contributed by atoms with Gasteiger partial charge in [0.05, 0.1) is 9.79 Å². The van der Waals surface area contributed by atoms with Gasteiger partial charge in [-0.1, -0.05) is 24.3 Å². The molecule has 4 rings (SSSR count). The lowest BCUT2D eigenvalue weighted by Gasteiger charge is -2.37. The molecule has 8 heteroatoms. The standard InChI is InChI=1S/C20H24N2O4S2/c1-15-11-13-21(15)27(23,24)19-7-3-17(4-8-19)18-5-9-20(10-6-18)28(25,26)22-14-12-16(22)2/h3-10,15-16H,11-14H2,1-2H3. The molecule has 0 radical (unpaired) electrons. The number of nitrogens with zero attached hydrogens (tertiary/aromatic N) is 2. The molecule has 0 aromatic heterocycles. The van der Waals surface area contributed by atoms with Crippen LogP contribution >= 0.6 is 0 Å². The molecule has 6 nitrogen and oxygen atoms in total. The molecule has 2 aliphatic heterocycles. The summed E-state index contributed by atoms with van der Waals surface area (Å²) in [5.41, 5.74) is 1.69. The Morgan fingerprint density at radius 1 is 0.643 bits per heavy atom. The van der Waals surface area contributed by atoms with E-state index in [9.17, 15) is 16.8 Å². The SMILES string of the molecule is CC1CCN1S(=O)(=O)c1ccc(-c2ccc(S(=O)(=O)N3CCC3C)cc2)cc1. The average molecular weight is 421 g/mol. The van der Waals surface area contributed by atoms with E-state index in [0.29, 0.717) is 13.1 Å². The predicted octanol–water partition coefficient (Wildman–Crippen LogP) is 2.92. The Morgan fingerprint density at radius 3 is 1.18 bits per heavy atom.